The van der Waals surface area contributed by atoms with Crippen molar-refractivity contribution < 1.29 is 0 Å². The molecule has 4 aromatic rings. The molecule has 5 rings (SSSR count). The largest absolute Gasteiger partial charge is 0.349 e. The molecule has 0 amide bonds. The van der Waals surface area contributed by atoms with Crippen LogP contribution in [0.5, 0.6) is 0 Å². The van der Waals surface area contributed by atoms with Gasteiger partial charge in [0, 0.05) is 49.8 Å². The summed E-state index contributed by atoms with van der Waals surface area (Å²) >= 11 is 0. The van der Waals surface area contributed by atoms with Gasteiger partial charge in [-0.3, -0.25) is 20.0 Å². The first-order valence-electron chi connectivity index (χ1n) is 10.7. The van der Waals surface area contributed by atoms with E-state index in [0.29, 0.717) is 22.9 Å². The highest BCUT2D eigenvalue weighted by Crippen LogP contribution is 2.32. The zero-order valence-corrected chi connectivity index (χ0v) is 17.9. The summed E-state index contributed by atoms with van der Waals surface area (Å²) in [5.74, 6) is 0.652. The minimum Gasteiger partial charge on any atom is -0.349 e. The Labute approximate surface area is 179 Å². The van der Waals surface area contributed by atoms with Crippen LogP contribution in [0.1, 0.15) is 38.8 Å². The molecule has 0 spiro atoms. The van der Waals surface area contributed by atoms with E-state index < -0.39 is 0 Å². The van der Waals surface area contributed by atoms with Crippen molar-refractivity contribution in [2.45, 2.75) is 45.3 Å². The molecule has 3 atom stereocenters. The van der Waals surface area contributed by atoms with Crippen molar-refractivity contribution in [1.29, 1.82) is 0 Å². The number of piperazine rings is 1. The van der Waals surface area contributed by atoms with Gasteiger partial charge >= 0.3 is 5.69 Å². The molecule has 2 N–H and O–H groups in total. The minimum atomic E-state index is -0.350. The number of benzene rings is 1. The second kappa shape index (κ2) is 7.73. The number of anilines is 1. The normalized spacial score (nSPS) is 21.1. The minimum absolute atomic E-state index is 0.180. The molecule has 3 aromatic heterocycles. The van der Waals surface area contributed by atoms with Crippen molar-refractivity contribution in [3.63, 3.8) is 0 Å². The monoisotopic (exact) mass is 418 g/mol. The molecule has 1 unspecified atom stereocenters. The Hall–Kier alpha value is -3.33. The molecule has 1 fully saturated rings. The Kier molecular flexibility index (Phi) is 4.90. The summed E-state index contributed by atoms with van der Waals surface area (Å²) in [7, 11) is 0. The molecule has 31 heavy (non-hydrogen) atoms. The average molecular weight is 419 g/mol. The summed E-state index contributed by atoms with van der Waals surface area (Å²) in [4.78, 5) is 32.8. The second-order valence-electron chi connectivity index (χ2n) is 8.25. The van der Waals surface area contributed by atoms with Crippen LogP contribution in [0.2, 0.25) is 0 Å². The SMILES string of the molecule is CC[C@@H]1CN(c2nc(=O)[nH]c3c[nH]nc23)[C@@H](C)CN1C(C)c1ccc2nccnc2c1. The molecular formula is C22H26N8O. The van der Waals surface area contributed by atoms with E-state index in [1.54, 1.807) is 18.6 Å². The van der Waals surface area contributed by atoms with Gasteiger partial charge in [0.05, 0.1) is 16.6 Å². The number of rotatable bonds is 4. The van der Waals surface area contributed by atoms with Crippen molar-refractivity contribution in [1.82, 2.24) is 35.0 Å². The van der Waals surface area contributed by atoms with Gasteiger partial charge in [0.1, 0.15) is 0 Å². The number of aromatic amines is 2. The standard InChI is InChI=1S/C22H26N8O/c1-4-16-12-29(21-20-19(10-25-28-20)26-22(31)27-21)13(2)11-30(16)14(3)15-5-6-17-18(9-15)24-8-7-23-17/h5-10,13-14,16H,4,11-12H2,1-3H3,(H,25,28)(H,26,27,31)/t13-,14?,16+/m0/s1. The Morgan fingerprint density at radius 2 is 2.00 bits per heavy atom. The topological polar surface area (TPSA) is 107 Å². The summed E-state index contributed by atoms with van der Waals surface area (Å²) in [6, 6.07) is 7.07. The fourth-order valence-corrected chi connectivity index (χ4v) is 4.68. The van der Waals surface area contributed by atoms with E-state index in [1.807, 2.05) is 6.07 Å². The number of aromatic nitrogens is 6. The molecule has 9 heteroatoms. The summed E-state index contributed by atoms with van der Waals surface area (Å²) in [6.45, 7) is 8.28. The molecule has 0 aliphatic carbocycles. The van der Waals surface area contributed by atoms with E-state index in [1.165, 1.54) is 5.56 Å². The van der Waals surface area contributed by atoms with Gasteiger partial charge in [-0.25, -0.2) is 4.79 Å². The molecule has 1 aliphatic heterocycles. The van der Waals surface area contributed by atoms with Crippen LogP contribution >= 0.6 is 0 Å². The third-order valence-corrected chi connectivity index (χ3v) is 6.40. The van der Waals surface area contributed by atoms with Crippen molar-refractivity contribution in [2.24, 2.45) is 0 Å². The molecule has 0 bridgehead atoms. The number of H-pyrrole nitrogens is 2. The summed E-state index contributed by atoms with van der Waals surface area (Å²) in [5, 5.41) is 7.16. The van der Waals surface area contributed by atoms with Gasteiger partial charge in [-0.2, -0.15) is 10.1 Å². The average Bonchev–Trinajstić information content (AvgIpc) is 3.26. The Balaban J connectivity index is 1.45. The van der Waals surface area contributed by atoms with Crippen molar-refractivity contribution in [3.8, 4) is 0 Å². The number of hydrogen-bond acceptors (Lipinski definition) is 7. The predicted molar refractivity (Wildman–Crippen MR) is 120 cm³/mol. The second-order valence-corrected chi connectivity index (χ2v) is 8.25. The number of nitrogens with one attached hydrogen (secondary N) is 2. The molecule has 9 nitrogen and oxygen atoms in total. The van der Waals surface area contributed by atoms with Gasteiger partial charge in [0.25, 0.3) is 0 Å². The lowest BCUT2D eigenvalue weighted by Gasteiger charge is -2.48. The van der Waals surface area contributed by atoms with E-state index in [9.17, 15) is 4.79 Å². The molecule has 1 saturated heterocycles. The van der Waals surface area contributed by atoms with Gasteiger partial charge < -0.3 is 9.88 Å². The van der Waals surface area contributed by atoms with Crippen LogP contribution in [0.4, 0.5) is 5.82 Å². The maximum absolute atomic E-state index is 12.1. The maximum Gasteiger partial charge on any atom is 0.347 e. The molecule has 1 aromatic carbocycles. The van der Waals surface area contributed by atoms with E-state index >= 15 is 0 Å². The van der Waals surface area contributed by atoms with Crippen molar-refractivity contribution in [3.05, 3.63) is 52.8 Å². The summed E-state index contributed by atoms with van der Waals surface area (Å²) in [6.07, 6.45) is 6.15. The van der Waals surface area contributed by atoms with Crippen LogP contribution < -0.4 is 10.6 Å². The molecule has 0 saturated carbocycles. The quantitative estimate of drug-likeness (QED) is 0.525. The van der Waals surface area contributed by atoms with Gasteiger partial charge in [-0.15, -0.1) is 0 Å². The lowest BCUT2D eigenvalue weighted by Crippen LogP contribution is -2.58. The smallest absolute Gasteiger partial charge is 0.347 e. The zero-order chi connectivity index (χ0) is 21.5. The Morgan fingerprint density at radius 1 is 1.19 bits per heavy atom. The Morgan fingerprint density at radius 3 is 2.81 bits per heavy atom. The van der Waals surface area contributed by atoms with Crippen LogP contribution in [0, 0.1) is 0 Å². The zero-order valence-electron chi connectivity index (χ0n) is 17.9. The molecule has 4 heterocycles. The third-order valence-electron chi connectivity index (χ3n) is 6.40. The first-order chi connectivity index (χ1) is 15.0. The van der Waals surface area contributed by atoms with Crippen LogP contribution in [0.25, 0.3) is 22.1 Å². The number of nitrogens with zero attached hydrogens (tertiary/aromatic N) is 6. The van der Waals surface area contributed by atoms with Crippen LogP contribution in [0.3, 0.4) is 0 Å². The van der Waals surface area contributed by atoms with E-state index in [4.69, 9.17) is 0 Å². The highest BCUT2D eigenvalue weighted by atomic mass is 16.1. The fraction of sp³-hybridized carbons (Fsp3) is 0.409. The summed E-state index contributed by atoms with van der Waals surface area (Å²) < 4.78 is 0. The van der Waals surface area contributed by atoms with Gasteiger partial charge in [-0.05, 0) is 38.0 Å². The van der Waals surface area contributed by atoms with E-state index in [2.05, 4.69) is 72.8 Å². The third kappa shape index (κ3) is 3.44. The number of fused-ring (bicyclic) bond motifs is 2. The van der Waals surface area contributed by atoms with E-state index in [-0.39, 0.29) is 17.8 Å². The molecule has 160 valence electrons. The Bertz CT molecular complexity index is 1280. The highest BCUT2D eigenvalue weighted by molar-refractivity contribution is 5.85. The highest BCUT2D eigenvalue weighted by Gasteiger charge is 2.35. The first-order valence-corrected chi connectivity index (χ1v) is 10.7. The first kappa shape index (κ1) is 19.6. The summed E-state index contributed by atoms with van der Waals surface area (Å²) in [5.41, 5.74) is 4.10. The molecule has 1 aliphatic rings. The van der Waals surface area contributed by atoms with Gasteiger partial charge in [0.15, 0.2) is 11.3 Å². The van der Waals surface area contributed by atoms with Crippen LogP contribution in [0.15, 0.2) is 41.6 Å². The van der Waals surface area contributed by atoms with Gasteiger partial charge in [0.2, 0.25) is 0 Å². The van der Waals surface area contributed by atoms with Crippen molar-refractivity contribution >= 4 is 27.9 Å². The molecule has 0 radical (unpaired) electrons. The lowest BCUT2D eigenvalue weighted by atomic mass is 9.98. The number of hydrogen-bond donors (Lipinski definition) is 2. The molecular weight excluding hydrogens is 392 g/mol. The van der Waals surface area contributed by atoms with Gasteiger partial charge in [-0.1, -0.05) is 13.0 Å². The fourth-order valence-electron chi connectivity index (χ4n) is 4.68. The van der Waals surface area contributed by atoms with Crippen LogP contribution in [-0.2, 0) is 0 Å². The van der Waals surface area contributed by atoms with Crippen molar-refractivity contribution in [2.75, 3.05) is 18.0 Å². The predicted octanol–water partition coefficient (Wildman–Crippen LogP) is 2.64. The lowest BCUT2D eigenvalue weighted by molar-refractivity contribution is 0.106. The maximum atomic E-state index is 12.1. The van der Waals surface area contributed by atoms with E-state index in [0.717, 1.165) is 30.5 Å². The van der Waals surface area contributed by atoms with Crippen LogP contribution in [-0.4, -0.2) is 60.2 Å².